The standard InChI is InChI=1S/C20H41BrSi4/c1-22(2,3)19(23(4,5)6)16-14-13-15-17(18(16)21)20(24(7,8)9)25(10,11)12/h13-15,19-20H,1-12H3. The minimum absolute atomic E-state index is 0.790. The van der Waals surface area contributed by atoms with Crippen LogP contribution in [0.5, 0.6) is 0 Å². The molecule has 0 aliphatic rings. The van der Waals surface area contributed by atoms with Gasteiger partial charge in [-0.05, 0) is 21.5 Å². The van der Waals surface area contributed by atoms with E-state index in [2.05, 4.69) is 113 Å². The van der Waals surface area contributed by atoms with Crippen molar-refractivity contribution in [3.05, 3.63) is 33.8 Å². The fourth-order valence-electron chi connectivity index (χ4n) is 5.48. The Hall–Kier alpha value is 0.568. The van der Waals surface area contributed by atoms with Gasteiger partial charge in [-0.2, -0.15) is 0 Å². The zero-order valence-electron chi connectivity index (χ0n) is 18.8. The summed E-state index contributed by atoms with van der Waals surface area (Å²) in [4.78, 5) is 0. The van der Waals surface area contributed by atoms with Gasteiger partial charge in [0.2, 0.25) is 0 Å². The van der Waals surface area contributed by atoms with Crippen LogP contribution < -0.4 is 0 Å². The fraction of sp³-hybridized carbons (Fsp3) is 0.700. The summed E-state index contributed by atoms with van der Waals surface area (Å²) in [6.07, 6.45) is 0. The Kier molecular flexibility index (Phi) is 7.11. The number of halogens is 1. The molecule has 0 aliphatic heterocycles. The molecule has 1 rings (SSSR count). The molecule has 0 aliphatic carbocycles. The lowest BCUT2D eigenvalue weighted by Crippen LogP contribution is -2.48. The van der Waals surface area contributed by atoms with Gasteiger partial charge in [0.15, 0.2) is 0 Å². The quantitative estimate of drug-likeness (QED) is 0.366. The van der Waals surface area contributed by atoms with Gasteiger partial charge < -0.3 is 0 Å². The highest BCUT2D eigenvalue weighted by Gasteiger charge is 2.43. The summed E-state index contributed by atoms with van der Waals surface area (Å²) in [5, 5.41) is 1.58. The average molecular weight is 474 g/mol. The molecule has 0 fully saturated rings. The summed E-state index contributed by atoms with van der Waals surface area (Å²) in [6, 6.07) is 7.22. The van der Waals surface area contributed by atoms with Crippen LogP contribution in [0.1, 0.15) is 21.5 Å². The van der Waals surface area contributed by atoms with E-state index in [0.717, 1.165) is 10.3 Å². The van der Waals surface area contributed by atoms with Crippen molar-refractivity contribution in [2.75, 3.05) is 0 Å². The highest BCUT2D eigenvalue weighted by Crippen LogP contribution is 2.45. The fourth-order valence-corrected chi connectivity index (χ4v) is 32.5. The largest absolute Gasteiger partial charge is 0.0693 e. The van der Waals surface area contributed by atoms with Gasteiger partial charge in [-0.3, -0.25) is 0 Å². The first-order valence-electron chi connectivity index (χ1n) is 9.67. The van der Waals surface area contributed by atoms with Crippen molar-refractivity contribution >= 4 is 48.2 Å². The molecule has 0 nitrogen and oxygen atoms in total. The molecule has 1 aromatic carbocycles. The van der Waals surface area contributed by atoms with Crippen LogP contribution >= 0.6 is 15.9 Å². The summed E-state index contributed by atoms with van der Waals surface area (Å²) in [5.41, 5.74) is 3.25. The topological polar surface area (TPSA) is 0 Å². The molecule has 0 radical (unpaired) electrons. The van der Waals surface area contributed by atoms with Crippen LogP contribution in [-0.4, -0.2) is 32.3 Å². The first-order chi connectivity index (χ1) is 10.9. The van der Waals surface area contributed by atoms with Crippen LogP contribution in [0.4, 0.5) is 0 Å². The SMILES string of the molecule is C[Si](C)(C)C(c1cccc(C([Si](C)(C)C)[Si](C)(C)C)c1Br)[Si](C)(C)C. The molecule has 0 heterocycles. The molecule has 0 saturated heterocycles. The summed E-state index contributed by atoms with van der Waals surface area (Å²) >= 11 is 4.14. The van der Waals surface area contributed by atoms with Gasteiger partial charge in [0.05, 0.1) is 0 Å². The van der Waals surface area contributed by atoms with Crippen LogP contribution in [-0.2, 0) is 0 Å². The molecule has 25 heavy (non-hydrogen) atoms. The average Bonchev–Trinajstić information content (AvgIpc) is 2.26. The van der Waals surface area contributed by atoms with Gasteiger partial charge >= 0.3 is 0 Å². The Labute approximate surface area is 170 Å². The Morgan fingerprint density at radius 2 is 0.800 bits per heavy atom. The highest BCUT2D eigenvalue weighted by atomic mass is 79.9. The van der Waals surface area contributed by atoms with E-state index in [1.807, 2.05) is 0 Å². The second-order valence-corrected chi connectivity index (χ2v) is 35.3. The second-order valence-electron chi connectivity index (χ2n) is 12.1. The van der Waals surface area contributed by atoms with Gasteiger partial charge in [0.25, 0.3) is 0 Å². The Morgan fingerprint density at radius 3 is 1.00 bits per heavy atom. The van der Waals surface area contributed by atoms with E-state index >= 15 is 0 Å². The van der Waals surface area contributed by atoms with E-state index in [1.165, 1.54) is 4.47 Å². The molecule has 5 heteroatoms. The van der Waals surface area contributed by atoms with Gasteiger partial charge in [-0.1, -0.05) is 113 Å². The molecule has 0 saturated carbocycles. The second kappa shape index (κ2) is 7.53. The lowest BCUT2D eigenvalue weighted by Gasteiger charge is -2.42. The predicted octanol–water partition coefficient (Wildman–Crippen LogP) is 8.13. The zero-order chi connectivity index (χ0) is 20.0. The number of hydrogen-bond acceptors (Lipinski definition) is 0. The van der Waals surface area contributed by atoms with Gasteiger partial charge in [0, 0.05) is 36.8 Å². The molecular formula is C20H41BrSi4. The first-order valence-corrected chi connectivity index (χ1v) is 24.8. The van der Waals surface area contributed by atoms with Crippen LogP contribution in [0.25, 0.3) is 0 Å². The molecular weight excluding hydrogens is 432 g/mol. The van der Waals surface area contributed by atoms with Gasteiger partial charge in [-0.15, -0.1) is 0 Å². The molecule has 0 unspecified atom stereocenters. The predicted molar refractivity (Wildman–Crippen MR) is 133 cm³/mol. The van der Waals surface area contributed by atoms with Crippen molar-refractivity contribution in [3.63, 3.8) is 0 Å². The summed E-state index contributed by atoms with van der Waals surface area (Å²) < 4.78 is 1.46. The summed E-state index contributed by atoms with van der Waals surface area (Å²) in [7, 11) is -5.16. The molecule has 0 bridgehead atoms. The van der Waals surface area contributed by atoms with Crippen molar-refractivity contribution in [3.8, 4) is 0 Å². The highest BCUT2D eigenvalue weighted by molar-refractivity contribution is 9.10. The first kappa shape index (κ1) is 23.6. The van der Waals surface area contributed by atoms with Crippen LogP contribution in [0.2, 0.25) is 78.6 Å². The molecule has 0 amide bonds. The molecule has 1 aromatic rings. The Morgan fingerprint density at radius 1 is 0.560 bits per heavy atom. The third-order valence-electron chi connectivity index (χ3n) is 5.14. The zero-order valence-corrected chi connectivity index (χ0v) is 24.4. The molecule has 0 spiro atoms. The minimum Gasteiger partial charge on any atom is -0.0693 e. The van der Waals surface area contributed by atoms with Crippen molar-refractivity contribution in [1.82, 2.24) is 0 Å². The van der Waals surface area contributed by atoms with Crippen LogP contribution in [0.15, 0.2) is 22.7 Å². The lowest BCUT2D eigenvalue weighted by atomic mass is 10.1. The maximum absolute atomic E-state index is 4.14. The number of hydrogen-bond donors (Lipinski definition) is 0. The van der Waals surface area contributed by atoms with E-state index in [1.54, 1.807) is 11.1 Å². The van der Waals surface area contributed by atoms with Crippen molar-refractivity contribution in [1.29, 1.82) is 0 Å². The Balaban J connectivity index is 3.69. The maximum Gasteiger partial charge on any atom is 0.0493 e. The maximum atomic E-state index is 4.14. The van der Waals surface area contributed by atoms with E-state index in [-0.39, 0.29) is 0 Å². The minimum atomic E-state index is -1.29. The van der Waals surface area contributed by atoms with E-state index in [0.29, 0.717) is 0 Å². The summed E-state index contributed by atoms with van der Waals surface area (Å²) in [6.45, 7) is 30.7. The Bertz CT molecular complexity index is 520. The smallest absolute Gasteiger partial charge is 0.0493 e. The monoisotopic (exact) mass is 472 g/mol. The summed E-state index contributed by atoms with van der Waals surface area (Å²) in [5.74, 6) is 0. The normalized spacial score (nSPS) is 14.5. The molecule has 0 atom stereocenters. The van der Waals surface area contributed by atoms with Gasteiger partial charge in [-0.25, -0.2) is 0 Å². The van der Waals surface area contributed by atoms with Crippen molar-refractivity contribution in [2.45, 2.75) is 88.9 Å². The van der Waals surface area contributed by atoms with Crippen LogP contribution in [0, 0.1) is 0 Å². The third-order valence-corrected chi connectivity index (χ3v) is 24.6. The molecule has 144 valence electrons. The lowest BCUT2D eigenvalue weighted by molar-refractivity contribution is 1.10. The molecule has 0 N–H and O–H groups in total. The molecule has 0 aromatic heterocycles. The van der Waals surface area contributed by atoms with Gasteiger partial charge in [0.1, 0.15) is 0 Å². The van der Waals surface area contributed by atoms with E-state index < -0.39 is 32.3 Å². The van der Waals surface area contributed by atoms with E-state index in [4.69, 9.17) is 0 Å². The van der Waals surface area contributed by atoms with E-state index in [9.17, 15) is 0 Å². The third kappa shape index (κ3) is 5.77. The van der Waals surface area contributed by atoms with Crippen molar-refractivity contribution in [2.24, 2.45) is 0 Å². The number of benzene rings is 1. The number of rotatable bonds is 6. The van der Waals surface area contributed by atoms with Crippen molar-refractivity contribution < 1.29 is 0 Å². The van der Waals surface area contributed by atoms with Crippen LogP contribution in [0.3, 0.4) is 0 Å².